The molecule has 1 heterocycles. The van der Waals surface area contributed by atoms with Crippen LogP contribution in [0.25, 0.3) is 0 Å². The largest absolute Gasteiger partial charge is 0.449 e. The standard InChI is InChI=1S/C17H26N2O4S/c1-14(2)13-23-17(20)18-15-7-9-16(10-8-15)24(21,22)19-11-5-3-4-6-12-19/h7-10,14H,3-6,11-13H2,1-2H3,(H,18,20). The summed E-state index contributed by atoms with van der Waals surface area (Å²) in [6.07, 6.45) is 3.42. The Kier molecular flexibility index (Phi) is 6.62. The molecule has 0 atom stereocenters. The summed E-state index contributed by atoms with van der Waals surface area (Å²) in [4.78, 5) is 11.9. The fourth-order valence-corrected chi connectivity index (χ4v) is 4.05. The van der Waals surface area contributed by atoms with Gasteiger partial charge in [0.25, 0.3) is 0 Å². The van der Waals surface area contributed by atoms with E-state index in [4.69, 9.17) is 4.74 Å². The SMILES string of the molecule is CC(C)COC(=O)Nc1ccc(S(=O)(=O)N2CCCCCC2)cc1. The summed E-state index contributed by atoms with van der Waals surface area (Å²) in [5.41, 5.74) is 0.513. The predicted molar refractivity (Wildman–Crippen MR) is 93.5 cm³/mol. The Bertz CT molecular complexity index is 633. The Hall–Kier alpha value is -1.60. The van der Waals surface area contributed by atoms with Crippen molar-refractivity contribution in [2.24, 2.45) is 5.92 Å². The first kappa shape index (κ1) is 18.7. The van der Waals surface area contributed by atoms with Crippen molar-refractivity contribution < 1.29 is 17.9 Å². The first-order valence-corrected chi connectivity index (χ1v) is 9.87. The smallest absolute Gasteiger partial charge is 0.411 e. The van der Waals surface area contributed by atoms with Crippen molar-refractivity contribution in [1.82, 2.24) is 4.31 Å². The number of ether oxygens (including phenoxy) is 1. The van der Waals surface area contributed by atoms with Gasteiger partial charge in [-0.05, 0) is 43.0 Å². The molecular weight excluding hydrogens is 328 g/mol. The molecule has 0 spiro atoms. The molecule has 1 aliphatic heterocycles. The van der Waals surface area contributed by atoms with Crippen LogP contribution >= 0.6 is 0 Å². The van der Waals surface area contributed by atoms with Crippen molar-refractivity contribution in [2.45, 2.75) is 44.4 Å². The van der Waals surface area contributed by atoms with Crippen LogP contribution in [0.5, 0.6) is 0 Å². The van der Waals surface area contributed by atoms with Gasteiger partial charge in [0.2, 0.25) is 10.0 Å². The number of nitrogens with one attached hydrogen (secondary N) is 1. The van der Waals surface area contributed by atoms with Crippen molar-refractivity contribution in [1.29, 1.82) is 0 Å². The van der Waals surface area contributed by atoms with E-state index in [0.717, 1.165) is 25.7 Å². The van der Waals surface area contributed by atoms with Gasteiger partial charge in [-0.2, -0.15) is 4.31 Å². The molecule has 0 aliphatic carbocycles. The molecule has 2 rings (SSSR count). The van der Waals surface area contributed by atoms with Crippen molar-refractivity contribution in [3.05, 3.63) is 24.3 Å². The van der Waals surface area contributed by atoms with Crippen LogP contribution < -0.4 is 5.32 Å². The normalized spacial score (nSPS) is 16.6. The molecule has 24 heavy (non-hydrogen) atoms. The Morgan fingerprint density at radius 3 is 2.25 bits per heavy atom. The zero-order valence-corrected chi connectivity index (χ0v) is 15.1. The van der Waals surface area contributed by atoms with E-state index in [1.54, 1.807) is 16.4 Å². The number of anilines is 1. The first-order valence-electron chi connectivity index (χ1n) is 8.43. The van der Waals surface area contributed by atoms with Crippen molar-refractivity contribution in [3.63, 3.8) is 0 Å². The molecule has 1 N–H and O–H groups in total. The second-order valence-electron chi connectivity index (χ2n) is 6.46. The zero-order valence-electron chi connectivity index (χ0n) is 14.3. The van der Waals surface area contributed by atoms with E-state index in [1.807, 2.05) is 13.8 Å². The van der Waals surface area contributed by atoms with Crippen LogP contribution in [0.15, 0.2) is 29.2 Å². The van der Waals surface area contributed by atoms with Gasteiger partial charge in [-0.3, -0.25) is 5.32 Å². The highest BCUT2D eigenvalue weighted by Gasteiger charge is 2.24. The lowest BCUT2D eigenvalue weighted by Gasteiger charge is -2.20. The molecule has 1 saturated heterocycles. The minimum atomic E-state index is -3.46. The van der Waals surface area contributed by atoms with Gasteiger partial charge < -0.3 is 4.74 Å². The summed E-state index contributed by atoms with van der Waals surface area (Å²) in [5.74, 6) is 0.261. The van der Waals surface area contributed by atoms with Gasteiger partial charge in [0.15, 0.2) is 0 Å². The average molecular weight is 354 g/mol. The fraction of sp³-hybridized carbons (Fsp3) is 0.588. The molecule has 0 unspecified atom stereocenters. The van der Waals surface area contributed by atoms with Gasteiger partial charge in [-0.1, -0.05) is 26.7 Å². The predicted octanol–water partition coefficient (Wildman–Crippen LogP) is 3.46. The summed E-state index contributed by atoms with van der Waals surface area (Å²) in [5, 5.41) is 2.60. The molecule has 1 fully saturated rings. The van der Waals surface area contributed by atoms with Gasteiger partial charge >= 0.3 is 6.09 Å². The summed E-state index contributed by atoms with van der Waals surface area (Å²) >= 11 is 0. The summed E-state index contributed by atoms with van der Waals surface area (Å²) in [6, 6.07) is 6.22. The molecule has 1 amide bonds. The summed E-state index contributed by atoms with van der Waals surface area (Å²) < 4.78 is 31.9. The molecule has 6 nitrogen and oxygen atoms in total. The van der Waals surface area contributed by atoms with Gasteiger partial charge in [0.1, 0.15) is 0 Å². The lowest BCUT2D eigenvalue weighted by molar-refractivity contribution is 0.147. The minimum absolute atomic E-state index is 0.255. The third kappa shape index (κ3) is 5.21. The maximum atomic E-state index is 12.7. The van der Waals surface area contributed by atoms with Crippen LogP contribution in [0.3, 0.4) is 0 Å². The number of carbonyl (C=O) groups is 1. The van der Waals surface area contributed by atoms with Gasteiger partial charge in [0, 0.05) is 18.8 Å². The summed E-state index contributed by atoms with van der Waals surface area (Å²) in [6.45, 7) is 5.40. The highest BCUT2D eigenvalue weighted by atomic mass is 32.2. The molecule has 134 valence electrons. The zero-order chi connectivity index (χ0) is 17.6. The number of sulfonamides is 1. The summed E-state index contributed by atoms with van der Waals surface area (Å²) in [7, 11) is -3.46. The number of benzene rings is 1. The van der Waals surface area contributed by atoms with Crippen LogP contribution in [-0.4, -0.2) is 38.5 Å². The highest BCUT2D eigenvalue weighted by Crippen LogP contribution is 2.21. The Labute approximate surface area is 144 Å². The molecule has 0 radical (unpaired) electrons. The van der Waals surface area contributed by atoms with Gasteiger partial charge in [-0.25, -0.2) is 13.2 Å². The highest BCUT2D eigenvalue weighted by molar-refractivity contribution is 7.89. The lowest BCUT2D eigenvalue weighted by atomic mass is 10.2. The molecule has 0 saturated carbocycles. The van der Waals surface area contributed by atoms with Crippen LogP contribution in [0.2, 0.25) is 0 Å². The second-order valence-corrected chi connectivity index (χ2v) is 8.40. The van der Waals surface area contributed by atoms with E-state index >= 15 is 0 Å². The second kappa shape index (κ2) is 8.48. The monoisotopic (exact) mass is 354 g/mol. The lowest BCUT2D eigenvalue weighted by Crippen LogP contribution is -2.31. The van der Waals surface area contributed by atoms with Crippen LogP contribution in [-0.2, 0) is 14.8 Å². The number of amides is 1. The van der Waals surface area contributed by atoms with E-state index in [0.29, 0.717) is 25.4 Å². The third-order valence-electron chi connectivity index (χ3n) is 3.85. The Morgan fingerprint density at radius 2 is 1.71 bits per heavy atom. The topological polar surface area (TPSA) is 75.7 Å². The maximum Gasteiger partial charge on any atom is 0.411 e. The molecule has 0 bridgehead atoms. The quantitative estimate of drug-likeness (QED) is 0.878. The Balaban J connectivity index is 2.01. The number of hydrogen-bond acceptors (Lipinski definition) is 4. The van der Waals surface area contributed by atoms with E-state index in [1.165, 1.54) is 12.1 Å². The molecule has 1 aliphatic rings. The maximum absolute atomic E-state index is 12.7. The van der Waals surface area contributed by atoms with E-state index in [9.17, 15) is 13.2 Å². The van der Waals surface area contributed by atoms with Crippen molar-refractivity contribution in [2.75, 3.05) is 25.0 Å². The van der Waals surface area contributed by atoms with Crippen molar-refractivity contribution in [3.8, 4) is 0 Å². The number of nitrogens with zero attached hydrogens (tertiary/aromatic N) is 1. The Morgan fingerprint density at radius 1 is 1.12 bits per heavy atom. The van der Waals surface area contributed by atoms with Gasteiger partial charge in [-0.15, -0.1) is 0 Å². The molecular formula is C17H26N2O4S. The molecule has 1 aromatic rings. The van der Waals surface area contributed by atoms with Crippen LogP contribution in [0.4, 0.5) is 10.5 Å². The van der Waals surface area contributed by atoms with E-state index < -0.39 is 16.1 Å². The van der Waals surface area contributed by atoms with Crippen molar-refractivity contribution >= 4 is 21.8 Å². The first-order chi connectivity index (χ1) is 11.4. The fourth-order valence-electron chi connectivity index (χ4n) is 2.54. The number of hydrogen-bond donors (Lipinski definition) is 1. The average Bonchev–Trinajstić information content (AvgIpc) is 2.83. The molecule has 1 aromatic carbocycles. The van der Waals surface area contributed by atoms with Gasteiger partial charge in [0.05, 0.1) is 11.5 Å². The third-order valence-corrected chi connectivity index (χ3v) is 5.76. The number of carbonyl (C=O) groups excluding carboxylic acids is 1. The minimum Gasteiger partial charge on any atom is -0.449 e. The number of rotatable bonds is 5. The van der Waals surface area contributed by atoms with Crippen LogP contribution in [0, 0.1) is 5.92 Å². The van der Waals surface area contributed by atoms with E-state index in [2.05, 4.69) is 5.32 Å². The molecule has 7 heteroatoms. The molecule has 0 aromatic heterocycles. The van der Waals surface area contributed by atoms with E-state index in [-0.39, 0.29) is 10.8 Å². The van der Waals surface area contributed by atoms with Crippen LogP contribution in [0.1, 0.15) is 39.5 Å².